The van der Waals surface area contributed by atoms with Crippen molar-refractivity contribution in [2.24, 2.45) is 0 Å². The van der Waals surface area contributed by atoms with E-state index in [4.69, 9.17) is 9.47 Å². The van der Waals surface area contributed by atoms with Gasteiger partial charge in [-0.25, -0.2) is 12.8 Å². The highest BCUT2D eigenvalue weighted by Gasteiger charge is 2.21. The molecule has 3 aromatic carbocycles. The van der Waals surface area contributed by atoms with Crippen LogP contribution < -0.4 is 19.5 Å². The van der Waals surface area contributed by atoms with E-state index in [-0.39, 0.29) is 22.0 Å². The first-order valence-corrected chi connectivity index (χ1v) is 11.2. The minimum atomic E-state index is -4.04. The van der Waals surface area contributed by atoms with Crippen LogP contribution in [0, 0.1) is 5.82 Å². The zero-order valence-electron chi connectivity index (χ0n) is 17.7. The van der Waals surface area contributed by atoms with Gasteiger partial charge in [0.2, 0.25) is 0 Å². The number of halogens is 1. The van der Waals surface area contributed by atoms with Gasteiger partial charge in [0.1, 0.15) is 27.9 Å². The summed E-state index contributed by atoms with van der Waals surface area (Å²) in [5, 5.41) is 3.19. The molecular formula is C23H20FN3O5S. The highest BCUT2D eigenvalue weighted by molar-refractivity contribution is 7.92. The Morgan fingerprint density at radius 1 is 0.909 bits per heavy atom. The van der Waals surface area contributed by atoms with Crippen LogP contribution in [0.2, 0.25) is 0 Å². The number of aromatic nitrogens is 1. The highest BCUT2D eigenvalue weighted by atomic mass is 32.2. The van der Waals surface area contributed by atoms with Crippen molar-refractivity contribution in [2.75, 3.05) is 24.3 Å². The number of H-pyrrole nitrogens is 1. The Labute approximate surface area is 189 Å². The van der Waals surface area contributed by atoms with Crippen LogP contribution in [0.1, 0.15) is 10.5 Å². The molecule has 0 aliphatic carbocycles. The highest BCUT2D eigenvalue weighted by Crippen LogP contribution is 2.29. The number of methoxy groups -OCH3 is 2. The fraction of sp³-hybridized carbons (Fsp3) is 0.0870. The minimum absolute atomic E-state index is 0.107. The maximum absolute atomic E-state index is 13.4. The number of sulfonamides is 1. The van der Waals surface area contributed by atoms with Gasteiger partial charge in [-0.3, -0.25) is 9.52 Å². The molecule has 3 N–H and O–H groups in total. The van der Waals surface area contributed by atoms with Gasteiger partial charge in [-0.2, -0.15) is 0 Å². The fourth-order valence-corrected chi connectivity index (χ4v) is 4.51. The van der Waals surface area contributed by atoms with Crippen molar-refractivity contribution in [1.82, 2.24) is 4.98 Å². The molecule has 10 heteroatoms. The summed E-state index contributed by atoms with van der Waals surface area (Å²) in [4.78, 5) is 15.4. The topological polar surface area (TPSA) is 110 Å². The molecule has 1 amide bonds. The Bertz CT molecular complexity index is 1430. The van der Waals surface area contributed by atoms with Gasteiger partial charge in [0.15, 0.2) is 0 Å². The normalized spacial score (nSPS) is 11.2. The van der Waals surface area contributed by atoms with E-state index in [9.17, 15) is 17.6 Å². The van der Waals surface area contributed by atoms with E-state index >= 15 is 0 Å². The Hall–Kier alpha value is -4.05. The lowest BCUT2D eigenvalue weighted by atomic mass is 10.2. The average molecular weight is 469 g/mol. The number of aromatic amines is 1. The van der Waals surface area contributed by atoms with Gasteiger partial charge >= 0.3 is 0 Å². The molecule has 0 atom stereocenters. The predicted molar refractivity (Wildman–Crippen MR) is 123 cm³/mol. The molecule has 170 valence electrons. The van der Waals surface area contributed by atoms with Crippen molar-refractivity contribution in [2.45, 2.75) is 4.90 Å². The number of rotatable bonds is 7. The standard InChI is InChI=1S/C23H20FN3O5S/c1-31-18-7-4-16(5-8-18)27-33(29,30)22-13-17(6-10-21(22)32-2)25-23(28)20-12-14-11-15(24)3-9-19(14)26-20/h3-13,26-27H,1-2H3,(H,25,28). The van der Waals surface area contributed by atoms with E-state index in [0.717, 1.165) is 0 Å². The second-order valence-corrected chi connectivity index (χ2v) is 8.72. The molecule has 1 aromatic heterocycles. The molecule has 4 aromatic rings. The Morgan fingerprint density at radius 2 is 1.64 bits per heavy atom. The zero-order chi connectivity index (χ0) is 23.6. The van der Waals surface area contributed by atoms with E-state index in [0.29, 0.717) is 22.3 Å². The molecule has 0 fully saturated rings. The van der Waals surface area contributed by atoms with Gasteiger partial charge in [0, 0.05) is 22.3 Å². The number of benzene rings is 3. The smallest absolute Gasteiger partial charge is 0.272 e. The van der Waals surface area contributed by atoms with E-state index in [2.05, 4.69) is 15.0 Å². The monoisotopic (exact) mass is 469 g/mol. The summed E-state index contributed by atoms with van der Waals surface area (Å²) < 4.78 is 52.2. The van der Waals surface area contributed by atoms with E-state index in [1.54, 1.807) is 24.3 Å². The van der Waals surface area contributed by atoms with Gasteiger partial charge in [-0.05, 0) is 66.7 Å². The second kappa shape index (κ2) is 8.83. The first kappa shape index (κ1) is 22.2. The molecule has 0 unspecified atom stereocenters. The van der Waals surface area contributed by atoms with Crippen molar-refractivity contribution in [1.29, 1.82) is 0 Å². The van der Waals surface area contributed by atoms with E-state index < -0.39 is 21.7 Å². The van der Waals surface area contributed by atoms with Crippen LogP contribution in [0.3, 0.4) is 0 Å². The van der Waals surface area contributed by atoms with Crippen molar-refractivity contribution in [3.8, 4) is 11.5 Å². The summed E-state index contributed by atoms with van der Waals surface area (Å²) in [5.74, 6) is -0.235. The third kappa shape index (κ3) is 4.75. The summed E-state index contributed by atoms with van der Waals surface area (Å²) in [6, 6.07) is 16.3. The first-order valence-electron chi connectivity index (χ1n) is 9.73. The van der Waals surface area contributed by atoms with Gasteiger partial charge in [-0.1, -0.05) is 0 Å². The molecule has 1 heterocycles. The Balaban J connectivity index is 1.60. The van der Waals surface area contributed by atoms with Crippen LogP contribution >= 0.6 is 0 Å². The number of carbonyl (C=O) groups is 1. The van der Waals surface area contributed by atoms with Gasteiger partial charge in [0.25, 0.3) is 15.9 Å². The summed E-state index contributed by atoms with van der Waals surface area (Å²) in [7, 11) is -1.18. The molecule has 0 aliphatic rings. The van der Waals surface area contributed by atoms with E-state index in [1.807, 2.05) is 0 Å². The lowest BCUT2D eigenvalue weighted by Crippen LogP contribution is -2.16. The van der Waals surface area contributed by atoms with Gasteiger partial charge < -0.3 is 19.8 Å². The van der Waals surface area contributed by atoms with Crippen molar-refractivity contribution in [3.63, 3.8) is 0 Å². The predicted octanol–water partition coefficient (Wildman–Crippen LogP) is 4.38. The SMILES string of the molecule is COc1ccc(NS(=O)(=O)c2cc(NC(=O)c3cc4cc(F)ccc4[nH]3)ccc2OC)cc1. The molecule has 0 saturated heterocycles. The van der Waals surface area contributed by atoms with Gasteiger partial charge in [-0.15, -0.1) is 0 Å². The molecular weight excluding hydrogens is 449 g/mol. The van der Waals surface area contributed by atoms with Crippen LogP contribution in [-0.4, -0.2) is 33.5 Å². The third-order valence-electron chi connectivity index (χ3n) is 4.88. The molecule has 0 aliphatic heterocycles. The quantitative estimate of drug-likeness (QED) is 0.372. The van der Waals surface area contributed by atoms with Crippen LogP contribution in [-0.2, 0) is 10.0 Å². The lowest BCUT2D eigenvalue weighted by Gasteiger charge is -2.14. The molecule has 0 bridgehead atoms. The maximum Gasteiger partial charge on any atom is 0.272 e. The summed E-state index contributed by atoms with van der Waals surface area (Å²) in [6.07, 6.45) is 0. The largest absolute Gasteiger partial charge is 0.497 e. The number of anilines is 2. The zero-order valence-corrected chi connectivity index (χ0v) is 18.5. The summed E-state index contributed by atoms with van der Waals surface area (Å²) in [6.45, 7) is 0. The average Bonchev–Trinajstić information content (AvgIpc) is 3.23. The summed E-state index contributed by atoms with van der Waals surface area (Å²) >= 11 is 0. The fourth-order valence-electron chi connectivity index (χ4n) is 3.26. The van der Waals surface area contributed by atoms with Crippen LogP contribution in [0.15, 0.2) is 71.6 Å². The molecule has 0 spiro atoms. The lowest BCUT2D eigenvalue weighted by molar-refractivity contribution is 0.102. The minimum Gasteiger partial charge on any atom is -0.497 e. The number of fused-ring (bicyclic) bond motifs is 1. The molecule has 33 heavy (non-hydrogen) atoms. The summed E-state index contributed by atoms with van der Waals surface area (Å²) in [5.41, 5.74) is 1.37. The van der Waals surface area contributed by atoms with Crippen molar-refractivity contribution in [3.05, 3.63) is 78.2 Å². The maximum atomic E-state index is 13.4. The third-order valence-corrected chi connectivity index (χ3v) is 6.28. The van der Waals surface area contributed by atoms with Crippen LogP contribution in [0.4, 0.5) is 15.8 Å². The van der Waals surface area contributed by atoms with Crippen molar-refractivity contribution >= 4 is 38.2 Å². The van der Waals surface area contributed by atoms with Crippen molar-refractivity contribution < 1.29 is 27.1 Å². The Kier molecular flexibility index (Phi) is 5.93. The molecule has 0 radical (unpaired) electrons. The number of carbonyl (C=O) groups excluding carboxylic acids is 1. The van der Waals surface area contributed by atoms with E-state index in [1.165, 1.54) is 56.7 Å². The molecule has 0 saturated carbocycles. The number of hydrogen-bond donors (Lipinski definition) is 3. The van der Waals surface area contributed by atoms with Gasteiger partial charge in [0.05, 0.1) is 14.2 Å². The number of hydrogen-bond acceptors (Lipinski definition) is 5. The second-order valence-electron chi connectivity index (χ2n) is 7.07. The molecule has 8 nitrogen and oxygen atoms in total. The number of amides is 1. The number of ether oxygens (including phenoxy) is 2. The molecule has 4 rings (SSSR count). The number of nitrogens with one attached hydrogen (secondary N) is 3. The Morgan fingerprint density at radius 3 is 2.33 bits per heavy atom. The van der Waals surface area contributed by atoms with Crippen LogP contribution in [0.25, 0.3) is 10.9 Å². The first-order chi connectivity index (χ1) is 15.8. The van der Waals surface area contributed by atoms with Crippen LogP contribution in [0.5, 0.6) is 11.5 Å².